The lowest BCUT2D eigenvalue weighted by molar-refractivity contribution is -0.141. The summed E-state index contributed by atoms with van der Waals surface area (Å²) in [5.41, 5.74) is -0.682. The number of pyridine rings is 2. The Kier molecular flexibility index (Phi) is 13.0. The van der Waals surface area contributed by atoms with E-state index in [1.54, 1.807) is 30.6 Å². The van der Waals surface area contributed by atoms with E-state index in [1.807, 2.05) is 38.3 Å². The van der Waals surface area contributed by atoms with Gasteiger partial charge in [-0.1, -0.05) is 38.4 Å². The Labute approximate surface area is 352 Å². The van der Waals surface area contributed by atoms with Gasteiger partial charge in [0, 0.05) is 51.5 Å². The highest BCUT2D eigenvalue weighted by Crippen LogP contribution is 2.46. The Morgan fingerprint density at radius 1 is 1.14 bits per heavy atom. The molecule has 3 fully saturated rings. The van der Waals surface area contributed by atoms with Crippen LogP contribution in [0.5, 0.6) is 11.6 Å². The number of carbonyl (C=O) groups is 3. The number of thiazole rings is 1. The highest BCUT2D eigenvalue weighted by molar-refractivity contribution is 7.91. The molecule has 19 heteroatoms. The fourth-order valence-electron chi connectivity index (χ4n) is 6.90. The number of rotatable bonds is 13. The zero-order chi connectivity index (χ0) is 39.3. The van der Waals surface area contributed by atoms with Gasteiger partial charge in [0.2, 0.25) is 27.7 Å². The van der Waals surface area contributed by atoms with Crippen molar-refractivity contribution in [3.8, 4) is 22.9 Å². The van der Waals surface area contributed by atoms with Gasteiger partial charge in [0.1, 0.15) is 29.5 Å². The van der Waals surface area contributed by atoms with Crippen LogP contribution >= 0.6 is 47.8 Å². The Morgan fingerprint density at radius 2 is 1.89 bits per heavy atom. The van der Waals surface area contributed by atoms with Gasteiger partial charge in [0.05, 0.1) is 30.8 Å². The van der Waals surface area contributed by atoms with Gasteiger partial charge < -0.3 is 25.0 Å². The van der Waals surface area contributed by atoms with Gasteiger partial charge in [-0.25, -0.2) is 18.4 Å². The maximum Gasteiger partial charge on any atom is 0.259 e. The number of halogens is 3. The molecule has 0 bridgehead atoms. The Morgan fingerprint density at radius 3 is 2.53 bits per heavy atom. The lowest BCUT2D eigenvalue weighted by atomic mass is 9.85. The molecule has 306 valence electrons. The first-order valence-electron chi connectivity index (χ1n) is 17.9. The zero-order valence-electron chi connectivity index (χ0n) is 31.6. The summed E-state index contributed by atoms with van der Waals surface area (Å²) in [5, 5.41) is 9.66. The number of methoxy groups -OCH3 is 1. The van der Waals surface area contributed by atoms with E-state index in [1.165, 1.54) is 35.6 Å². The molecule has 0 radical (unpaired) electrons. The second-order valence-electron chi connectivity index (χ2n) is 15.2. The van der Waals surface area contributed by atoms with Crippen molar-refractivity contribution in [1.82, 2.24) is 29.9 Å². The molecule has 3 aromatic heterocycles. The quantitative estimate of drug-likeness (QED) is 0.138. The summed E-state index contributed by atoms with van der Waals surface area (Å²) < 4.78 is 39.7. The molecule has 3 aliphatic rings. The first kappa shape index (κ1) is 43.9. The molecular weight excluding hydrogens is 837 g/mol. The normalized spacial score (nSPS) is 22.0. The number of likely N-dealkylation sites (tertiary alicyclic amines) is 1. The van der Waals surface area contributed by atoms with Crippen molar-refractivity contribution in [1.29, 1.82) is 0 Å². The van der Waals surface area contributed by atoms with E-state index in [0.29, 0.717) is 45.2 Å². The summed E-state index contributed by atoms with van der Waals surface area (Å²) in [6.45, 7) is 9.53. The number of anilines is 1. The van der Waals surface area contributed by atoms with Crippen molar-refractivity contribution >= 4 is 91.4 Å². The van der Waals surface area contributed by atoms with Gasteiger partial charge in [-0.3, -0.25) is 24.1 Å². The molecule has 14 nitrogen and oxygen atoms in total. The van der Waals surface area contributed by atoms with Crippen LogP contribution in [-0.2, 0) is 24.4 Å². The second-order valence-corrected chi connectivity index (χ2v) is 18.5. The van der Waals surface area contributed by atoms with Gasteiger partial charge in [0.15, 0.2) is 5.13 Å². The smallest absolute Gasteiger partial charge is 0.259 e. The van der Waals surface area contributed by atoms with Crippen LogP contribution in [0.4, 0.5) is 5.13 Å². The largest absolute Gasteiger partial charge is 0.494 e. The average molecular weight is 881 g/mol. The first-order valence-corrected chi connectivity index (χ1v) is 20.7. The predicted molar refractivity (Wildman–Crippen MR) is 224 cm³/mol. The van der Waals surface area contributed by atoms with Crippen molar-refractivity contribution in [2.24, 2.45) is 11.3 Å². The lowest BCUT2D eigenvalue weighted by Gasteiger charge is -2.35. The van der Waals surface area contributed by atoms with Gasteiger partial charge in [-0.2, -0.15) is 0 Å². The standard InChI is InChI=1S/C38H42ClN7O7S2.2ClH/c1-6-22-16-38(22,35(49)45-55(50,51)25-10-11-25)44-32(47)29-15-24(53-33-27-14-23(39)9-12-26(27)30(52-5)18-41-33)19-46(29)34(48)31(37(2,3)4)43-36-42-28(20-54-36)21-8-7-13-40-17-21;;/h6-9,12-14,17-18,20,22,24-25,29,31H,1,10-11,15-16,19H2,2-5H3,(H,42,43)(H,44,47)(H,45,49);2*1H/t22-,24-,29+,31-,38-;;/m1../s1. The maximum absolute atomic E-state index is 14.8. The molecule has 3 N–H and O–H groups in total. The van der Waals surface area contributed by atoms with Crippen molar-refractivity contribution in [3.05, 3.63) is 72.0 Å². The number of amides is 3. The number of fused-ring (bicyclic) bond motifs is 1. The van der Waals surface area contributed by atoms with Crippen LogP contribution in [0.1, 0.15) is 46.5 Å². The van der Waals surface area contributed by atoms with Crippen LogP contribution in [0.2, 0.25) is 5.02 Å². The van der Waals surface area contributed by atoms with Gasteiger partial charge in [-0.05, 0) is 55.0 Å². The maximum atomic E-state index is 14.8. The molecule has 1 aliphatic heterocycles. The molecule has 3 amide bonds. The highest BCUT2D eigenvalue weighted by atomic mass is 35.5. The number of hydrogen-bond acceptors (Lipinski definition) is 12. The first-order chi connectivity index (χ1) is 26.1. The van der Waals surface area contributed by atoms with Gasteiger partial charge >= 0.3 is 0 Å². The topological polar surface area (TPSA) is 182 Å². The number of nitrogens with one attached hydrogen (secondary N) is 3. The van der Waals surface area contributed by atoms with Gasteiger partial charge in [0.25, 0.3) is 5.91 Å². The Hall–Kier alpha value is -4.22. The number of ether oxygens (including phenoxy) is 2. The molecule has 57 heavy (non-hydrogen) atoms. The minimum Gasteiger partial charge on any atom is -0.494 e. The van der Waals surface area contributed by atoms with E-state index in [0.717, 1.165) is 5.56 Å². The third-order valence-corrected chi connectivity index (χ3v) is 13.0. The van der Waals surface area contributed by atoms with Crippen LogP contribution < -0.4 is 24.8 Å². The molecule has 2 saturated carbocycles. The molecule has 4 heterocycles. The molecule has 7 rings (SSSR count). The van der Waals surface area contributed by atoms with E-state index in [4.69, 9.17) is 26.1 Å². The van der Waals surface area contributed by atoms with Gasteiger partial charge in [-0.15, -0.1) is 42.7 Å². The van der Waals surface area contributed by atoms with Crippen molar-refractivity contribution in [2.45, 2.75) is 75.4 Å². The zero-order valence-corrected chi connectivity index (χ0v) is 35.6. The molecule has 4 aromatic rings. The predicted octanol–water partition coefficient (Wildman–Crippen LogP) is 5.80. The summed E-state index contributed by atoms with van der Waals surface area (Å²) >= 11 is 7.71. The van der Waals surface area contributed by atoms with Crippen molar-refractivity contribution < 1.29 is 32.3 Å². The number of aromatic nitrogens is 3. The summed E-state index contributed by atoms with van der Waals surface area (Å²) in [5.74, 6) is -1.60. The molecule has 1 aromatic carbocycles. The third-order valence-electron chi connectivity index (χ3n) is 10.2. The Balaban J connectivity index is 0.00000310. The van der Waals surface area contributed by atoms with Crippen LogP contribution in [0.25, 0.3) is 22.0 Å². The fraction of sp³-hybridized carbons (Fsp3) is 0.421. The third kappa shape index (κ3) is 9.09. The Bertz CT molecular complexity index is 2270. The second kappa shape index (κ2) is 16.9. The van der Waals surface area contributed by atoms with E-state index in [2.05, 4.69) is 31.9 Å². The fourth-order valence-corrected chi connectivity index (χ4v) is 9.18. The van der Waals surface area contributed by atoms with Crippen LogP contribution in [0.15, 0.2) is 67.0 Å². The van der Waals surface area contributed by atoms with E-state index in [9.17, 15) is 22.8 Å². The molecular formula is C38H44Cl3N7O7S2. The van der Waals surface area contributed by atoms with E-state index >= 15 is 0 Å². The number of benzene rings is 1. The summed E-state index contributed by atoms with van der Waals surface area (Å²) in [7, 11) is -2.36. The summed E-state index contributed by atoms with van der Waals surface area (Å²) in [4.78, 5) is 57.6. The number of hydrogen-bond donors (Lipinski definition) is 3. The van der Waals surface area contributed by atoms with Crippen molar-refractivity contribution in [3.63, 3.8) is 0 Å². The highest BCUT2D eigenvalue weighted by Gasteiger charge is 2.62. The number of sulfonamides is 1. The minimum atomic E-state index is -3.89. The molecule has 2 aliphatic carbocycles. The SMILES string of the molecule is C=C[C@@H]1C[C@]1(NC(=O)[C@@H]1C[C@@H](Oc2ncc(OC)c3ccc(Cl)cc23)CN1C(=O)[C@@H](Nc1nc(-c2cccnc2)cs1)C(C)(C)C)C(=O)NS(=O)(=O)C1CC1.Cl.Cl. The summed E-state index contributed by atoms with van der Waals surface area (Å²) in [6, 6.07) is 6.99. The van der Waals surface area contributed by atoms with E-state index in [-0.39, 0.29) is 50.1 Å². The number of carbonyl (C=O) groups excluding carboxylic acids is 3. The monoisotopic (exact) mass is 879 g/mol. The average Bonchev–Trinajstić information content (AvgIpc) is 4.04. The van der Waals surface area contributed by atoms with E-state index < -0.39 is 68.1 Å². The summed E-state index contributed by atoms with van der Waals surface area (Å²) in [6.07, 6.45) is 6.85. The molecule has 0 unspecified atom stereocenters. The minimum absolute atomic E-state index is 0. The number of nitrogens with zero attached hydrogens (tertiary/aromatic N) is 4. The molecule has 1 saturated heterocycles. The lowest BCUT2D eigenvalue weighted by Crippen LogP contribution is -2.58. The van der Waals surface area contributed by atoms with Crippen LogP contribution in [0, 0.1) is 11.3 Å². The van der Waals surface area contributed by atoms with Crippen LogP contribution in [-0.4, -0.2) is 88.6 Å². The van der Waals surface area contributed by atoms with Crippen molar-refractivity contribution in [2.75, 3.05) is 19.0 Å². The molecule has 0 spiro atoms. The molecule has 5 atom stereocenters. The van der Waals surface area contributed by atoms with Crippen LogP contribution in [0.3, 0.4) is 0 Å².